The van der Waals surface area contributed by atoms with Gasteiger partial charge in [-0.25, -0.2) is 0 Å². The number of β-amino-alcohol motifs (C(OH)–C–C–N with tert-alkyl or cyclic N) is 1. The third-order valence-corrected chi connectivity index (χ3v) is 5.70. The molecule has 180 valence electrons. The second kappa shape index (κ2) is 9.86. The van der Waals surface area contributed by atoms with Gasteiger partial charge in [-0.3, -0.25) is 14.4 Å². The number of nitrogens with one attached hydrogen (secondary N) is 1. The Hall–Kier alpha value is -3.37. The maximum absolute atomic E-state index is 13.0. The Morgan fingerprint density at radius 2 is 2.06 bits per heavy atom. The number of rotatable bonds is 7. The third-order valence-electron chi connectivity index (χ3n) is 5.70. The lowest BCUT2D eigenvalue weighted by molar-refractivity contribution is -0.137. The SMILES string of the molecule is Cn1nccc1-c1cc(NC(=O)c2cccc(C(F)(F)F)c2)ccc1OCCN1CC[C@H](O)C1. The number of hydrogen-bond acceptors (Lipinski definition) is 5. The number of aliphatic hydroxyl groups excluding tert-OH is 1. The van der Waals surface area contributed by atoms with Crippen LogP contribution in [-0.2, 0) is 13.2 Å². The van der Waals surface area contributed by atoms with Crippen LogP contribution in [0.2, 0.25) is 0 Å². The summed E-state index contributed by atoms with van der Waals surface area (Å²) in [4.78, 5) is 14.8. The largest absolute Gasteiger partial charge is 0.492 e. The zero-order valence-electron chi connectivity index (χ0n) is 18.5. The van der Waals surface area contributed by atoms with Crippen LogP contribution in [0.1, 0.15) is 22.3 Å². The molecule has 4 rings (SSSR count). The van der Waals surface area contributed by atoms with E-state index in [0.29, 0.717) is 36.7 Å². The molecule has 2 aromatic carbocycles. The lowest BCUT2D eigenvalue weighted by Crippen LogP contribution is -2.27. The first-order chi connectivity index (χ1) is 16.2. The molecular weight excluding hydrogens is 449 g/mol. The number of ether oxygens (including phenoxy) is 1. The molecule has 0 saturated carbocycles. The van der Waals surface area contributed by atoms with Crippen molar-refractivity contribution in [2.24, 2.45) is 7.05 Å². The van der Waals surface area contributed by atoms with E-state index in [-0.39, 0.29) is 11.7 Å². The monoisotopic (exact) mass is 474 g/mol. The molecule has 2 heterocycles. The highest BCUT2D eigenvalue weighted by molar-refractivity contribution is 6.04. The van der Waals surface area contributed by atoms with E-state index < -0.39 is 17.6 Å². The normalized spacial score (nSPS) is 16.6. The van der Waals surface area contributed by atoms with Crippen molar-refractivity contribution in [3.63, 3.8) is 0 Å². The van der Waals surface area contributed by atoms with Gasteiger partial charge in [0.1, 0.15) is 12.4 Å². The Labute approximate surface area is 194 Å². The highest BCUT2D eigenvalue weighted by Gasteiger charge is 2.31. The van der Waals surface area contributed by atoms with Crippen molar-refractivity contribution in [2.75, 3.05) is 31.6 Å². The fraction of sp³-hybridized carbons (Fsp3) is 0.333. The van der Waals surface area contributed by atoms with E-state index >= 15 is 0 Å². The van der Waals surface area contributed by atoms with E-state index in [1.54, 1.807) is 42.2 Å². The smallest absolute Gasteiger partial charge is 0.416 e. The van der Waals surface area contributed by atoms with Crippen LogP contribution in [0.15, 0.2) is 54.7 Å². The van der Waals surface area contributed by atoms with Gasteiger partial charge in [0.05, 0.1) is 17.4 Å². The fourth-order valence-corrected chi connectivity index (χ4v) is 3.91. The second-order valence-corrected chi connectivity index (χ2v) is 8.18. The number of alkyl halides is 3. The number of aryl methyl sites for hydroxylation is 1. The number of hydrogen-bond donors (Lipinski definition) is 2. The molecule has 1 amide bonds. The Balaban J connectivity index is 1.52. The topological polar surface area (TPSA) is 79.6 Å². The quantitative estimate of drug-likeness (QED) is 0.545. The Morgan fingerprint density at radius 3 is 2.74 bits per heavy atom. The molecule has 34 heavy (non-hydrogen) atoms. The van der Waals surface area contributed by atoms with Gasteiger partial charge in [0.15, 0.2) is 0 Å². The van der Waals surface area contributed by atoms with Gasteiger partial charge in [0.2, 0.25) is 0 Å². The Bertz CT molecular complexity index is 1160. The van der Waals surface area contributed by atoms with Gasteiger partial charge in [-0.2, -0.15) is 18.3 Å². The number of anilines is 1. The molecule has 1 aliphatic heterocycles. The van der Waals surface area contributed by atoms with Gasteiger partial charge in [0, 0.05) is 49.7 Å². The molecular formula is C24H25F3N4O3. The van der Waals surface area contributed by atoms with Crippen molar-refractivity contribution in [3.8, 4) is 17.0 Å². The highest BCUT2D eigenvalue weighted by atomic mass is 19.4. The zero-order chi connectivity index (χ0) is 24.3. The third kappa shape index (κ3) is 5.57. The van der Waals surface area contributed by atoms with E-state index in [0.717, 1.165) is 30.8 Å². The lowest BCUT2D eigenvalue weighted by atomic mass is 10.1. The number of aliphatic hydroxyl groups is 1. The average Bonchev–Trinajstić information content (AvgIpc) is 3.41. The molecule has 3 aromatic rings. The van der Waals surface area contributed by atoms with Crippen molar-refractivity contribution in [1.82, 2.24) is 14.7 Å². The minimum absolute atomic E-state index is 0.0926. The van der Waals surface area contributed by atoms with Crippen LogP contribution in [0.5, 0.6) is 5.75 Å². The van der Waals surface area contributed by atoms with Crippen LogP contribution in [0.25, 0.3) is 11.3 Å². The summed E-state index contributed by atoms with van der Waals surface area (Å²) in [6.07, 6.45) is -2.45. The molecule has 0 aliphatic carbocycles. The second-order valence-electron chi connectivity index (χ2n) is 8.18. The van der Waals surface area contributed by atoms with Crippen molar-refractivity contribution >= 4 is 11.6 Å². The Kier molecular flexibility index (Phi) is 6.90. The van der Waals surface area contributed by atoms with Gasteiger partial charge in [0.25, 0.3) is 5.91 Å². The molecule has 1 aliphatic rings. The highest BCUT2D eigenvalue weighted by Crippen LogP contribution is 2.33. The number of halogens is 3. The molecule has 1 saturated heterocycles. The molecule has 0 radical (unpaired) electrons. The van der Waals surface area contributed by atoms with E-state index in [1.807, 2.05) is 0 Å². The summed E-state index contributed by atoms with van der Waals surface area (Å²) in [6.45, 7) is 2.52. The van der Waals surface area contributed by atoms with Crippen molar-refractivity contribution in [3.05, 3.63) is 65.9 Å². The van der Waals surface area contributed by atoms with Gasteiger partial charge < -0.3 is 15.2 Å². The summed E-state index contributed by atoms with van der Waals surface area (Å²) in [5.41, 5.74) is 0.869. The van der Waals surface area contributed by atoms with E-state index in [2.05, 4.69) is 15.3 Å². The molecule has 7 nitrogen and oxygen atoms in total. The maximum Gasteiger partial charge on any atom is 0.416 e. The lowest BCUT2D eigenvalue weighted by Gasteiger charge is -2.18. The number of nitrogens with zero attached hydrogens (tertiary/aromatic N) is 3. The first-order valence-corrected chi connectivity index (χ1v) is 10.8. The van der Waals surface area contributed by atoms with Crippen LogP contribution in [0.4, 0.5) is 18.9 Å². The van der Waals surface area contributed by atoms with Crippen molar-refractivity contribution < 1.29 is 27.8 Å². The van der Waals surface area contributed by atoms with Crippen LogP contribution in [0, 0.1) is 0 Å². The van der Waals surface area contributed by atoms with Gasteiger partial charge >= 0.3 is 6.18 Å². The summed E-state index contributed by atoms with van der Waals surface area (Å²) in [5.74, 6) is -0.0660. The molecule has 1 atom stereocenters. The number of amides is 1. The number of benzene rings is 2. The summed E-state index contributed by atoms with van der Waals surface area (Å²) in [7, 11) is 1.78. The summed E-state index contributed by atoms with van der Waals surface area (Å²) in [5, 5.41) is 16.5. The molecule has 1 fully saturated rings. The standard InChI is InChI=1S/C24H25F3N4O3/c1-30-21(7-9-28-30)20-14-18(5-6-22(20)34-12-11-31-10-8-19(32)15-31)29-23(33)16-3-2-4-17(13-16)24(25,26)27/h2-7,9,13-14,19,32H,8,10-12,15H2,1H3,(H,29,33)/t19-/m0/s1. The Morgan fingerprint density at radius 1 is 1.24 bits per heavy atom. The minimum atomic E-state index is -4.53. The molecule has 2 N–H and O–H groups in total. The summed E-state index contributed by atoms with van der Waals surface area (Å²) < 4.78 is 46.7. The van der Waals surface area contributed by atoms with E-state index in [9.17, 15) is 23.1 Å². The predicted molar refractivity (Wildman–Crippen MR) is 121 cm³/mol. The van der Waals surface area contributed by atoms with E-state index in [1.165, 1.54) is 12.1 Å². The van der Waals surface area contributed by atoms with Gasteiger partial charge in [-0.05, 0) is 48.9 Å². The van der Waals surface area contributed by atoms with Gasteiger partial charge in [-0.1, -0.05) is 6.07 Å². The van der Waals surface area contributed by atoms with Crippen LogP contribution in [-0.4, -0.2) is 58.0 Å². The zero-order valence-corrected chi connectivity index (χ0v) is 18.5. The van der Waals surface area contributed by atoms with Gasteiger partial charge in [-0.15, -0.1) is 0 Å². The van der Waals surface area contributed by atoms with Crippen LogP contribution >= 0.6 is 0 Å². The van der Waals surface area contributed by atoms with Crippen molar-refractivity contribution in [1.29, 1.82) is 0 Å². The molecule has 0 spiro atoms. The molecule has 1 aromatic heterocycles. The first kappa shape index (κ1) is 23.8. The summed E-state index contributed by atoms with van der Waals surface area (Å²) in [6, 6.07) is 11.1. The number of carbonyl (C=O) groups excluding carboxylic acids is 1. The predicted octanol–water partition coefficient (Wildman–Crippen LogP) is 3.80. The fourth-order valence-electron chi connectivity index (χ4n) is 3.91. The number of aromatic nitrogens is 2. The first-order valence-electron chi connectivity index (χ1n) is 10.8. The molecule has 10 heteroatoms. The molecule has 0 unspecified atom stereocenters. The molecule has 0 bridgehead atoms. The van der Waals surface area contributed by atoms with Crippen LogP contribution < -0.4 is 10.1 Å². The van der Waals surface area contributed by atoms with Crippen LogP contribution in [0.3, 0.4) is 0 Å². The number of likely N-dealkylation sites (tertiary alicyclic amines) is 1. The minimum Gasteiger partial charge on any atom is -0.492 e. The van der Waals surface area contributed by atoms with Crippen molar-refractivity contribution in [2.45, 2.75) is 18.7 Å². The average molecular weight is 474 g/mol. The maximum atomic E-state index is 13.0. The summed E-state index contributed by atoms with van der Waals surface area (Å²) >= 11 is 0. The van der Waals surface area contributed by atoms with E-state index in [4.69, 9.17) is 4.74 Å². The number of carbonyl (C=O) groups is 1.